The van der Waals surface area contributed by atoms with E-state index >= 15 is 0 Å². The quantitative estimate of drug-likeness (QED) is 0.659. The Morgan fingerprint density at radius 2 is 1.73 bits per heavy atom. The lowest BCUT2D eigenvalue weighted by molar-refractivity contribution is -0.421. The Morgan fingerprint density at radius 3 is 2.32 bits per heavy atom. The zero-order valence-electron chi connectivity index (χ0n) is 10.5. The largest absolute Gasteiger partial charge is 0.433 e. The van der Waals surface area contributed by atoms with Crippen molar-refractivity contribution in [3.63, 3.8) is 0 Å². The summed E-state index contributed by atoms with van der Waals surface area (Å²) in [5.41, 5.74) is -1.80. The predicted molar refractivity (Wildman–Crippen MR) is 75.0 cm³/mol. The molecule has 11 nitrogen and oxygen atoms in total. The Morgan fingerprint density at radius 1 is 1.00 bits per heavy atom. The van der Waals surface area contributed by atoms with Gasteiger partial charge >= 0.3 is 17.3 Å². The Hall–Kier alpha value is -3.63. The highest BCUT2D eigenvalue weighted by Gasteiger charge is 2.37. The van der Waals surface area contributed by atoms with Crippen molar-refractivity contribution in [3.8, 4) is 0 Å². The van der Waals surface area contributed by atoms with Crippen molar-refractivity contribution in [1.29, 1.82) is 0 Å². The lowest BCUT2D eigenvalue weighted by atomic mass is 10.0. The fourth-order valence-electron chi connectivity index (χ4n) is 2.28. The van der Waals surface area contributed by atoms with Crippen LogP contribution < -0.4 is 5.32 Å². The van der Waals surface area contributed by atoms with Crippen LogP contribution in [0, 0.1) is 30.3 Å². The van der Waals surface area contributed by atoms with Gasteiger partial charge in [-0.1, -0.05) is 17.1 Å². The minimum Gasteiger partial charge on any atom is -0.390 e. The van der Waals surface area contributed by atoms with Crippen LogP contribution in [-0.2, 0) is 0 Å². The second-order valence-electron chi connectivity index (χ2n) is 4.33. The van der Waals surface area contributed by atoms with Gasteiger partial charge in [-0.3, -0.25) is 20.2 Å². The summed E-state index contributed by atoms with van der Waals surface area (Å²) in [7, 11) is 0. The summed E-state index contributed by atoms with van der Waals surface area (Å²) in [6.45, 7) is 0. The number of nitro groups is 3. The molecule has 0 spiro atoms. The van der Waals surface area contributed by atoms with E-state index in [4.69, 9.17) is 0 Å². The van der Waals surface area contributed by atoms with Gasteiger partial charge in [-0.2, -0.15) is 0 Å². The van der Waals surface area contributed by atoms with Crippen molar-refractivity contribution < 1.29 is 14.8 Å². The van der Waals surface area contributed by atoms with E-state index in [1.54, 1.807) is 0 Å². The van der Waals surface area contributed by atoms with Gasteiger partial charge in [0, 0.05) is 6.07 Å². The number of aliphatic imine (C=N–C) groups is 1. The first-order valence-corrected chi connectivity index (χ1v) is 5.78. The highest BCUT2D eigenvalue weighted by Crippen LogP contribution is 2.47. The molecule has 0 fully saturated rings. The van der Waals surface area contributed by atoms with Gasteiger partial charge in [0.1, 0.15) is 5.69 Å². The molecule has 0 aromatic heterocycles. The Labute approximate surface area is 120 Å². The average Bonchev–Trinajstić information content (AvgIpc) is 2.46. The molecular formula is C11H5N5O6. The number of guanidine groups is 1. The Balaban J connectivity index is 2.51. The average molecular weight is 303 g/mol. The van der Waals surface area contributed by atoms with Crippen molar-refractivity contribution in [2.24, 2.45) is 4.99 Å². The fourth-order valence-corrected chi connectivity index (χ4v) is 2.28. The van der Waals surface area contributed by atoms with Gasteiger partial charge in [0.25, 0.3) is 0 Å². The molecular weight excluding hydrogens is 298 g/mol. The maximum atomic E-state index is 11.2. The molecule has 1 heterocycles. The lowest BCUT2D eigenvalue weighted by Gasteiger charge is -2.12. The van der Waals surface area contributed by atoms with Crippen LogP contribution in [0.25, 0.3) is 10.8 Å². The van der Waals surface area contributed by atoms with E-state index in [2.05, 4.69) is 10.3 Å². The first-order chi connectivity index (χ1) is 10.4. The van der Waals surface area contributed by atoms with E-state index in [9.17, 15) is 30.3 Å². The first kappa shape index (κ1) is 13.4. The zero-order chi connectivity index (χ0) is 16.0. The van der Waals surface area contributed by atoms with Crippen LogP contribution in [0.2, 0.25) is 0 Å². The maximum Gasteiger partial charge on any atom is 0.433 e. The molecule has 0 saturated carbocycles. The van der Waals surface area contributed by atoms with Gasteiger partial charge in [-0.15, -0.1) is 0 Å². The van der Waals surface area contributed by atoms with Crippen LogP contribution >= 0.6 is 0 Å². The molecule has 0 bridgehead atoms. The molecule has 0 atom stereocenters. The smallest absolute Gasteiger partial charge is 0.390 e. The van der Waals surface area contributed by atoms with Crippen LogP contribution in [0.5, 0.6) is 0 Å². The molecule has 1 aliphatic heterocycles. The summed E-state index contributed by atoms with van der Waals surface area (Å²) in [5.74, 6) is -0.733. The summed E-state index contributed by atoms with van der Waals surface area (Å²) >= 11 is 0. The summed E-state index contributed by atoms with van der Waals surface area (Å²) in [4.78, 5) is 34.0. The number of hydrogen-bond donors (Lipinski definition) is 1. The molecule has 2 aromatic carbocycles. The molecule has 2 aromatic rings. The molecule has 0 saturated heterocycles. The second-order valence-corrected chi connectivity index (χ2v) is 4.33. The Bertz CT molecular complexity index is 905. The molecule has 110 valence electrons. The molecule has 11 heteroatoms. The van der Waals surface area contributed by atoms with Crippen LogP contribution in [0.4, 0.5) is 22.7 Å². The molecule has 0 unspecified atom stereocenters. The zero-order valence-corrected chi connectivity index (χ0v) is 10.5. The first-order valence-electron chi connectivity index (χ1n) is 5.78. The van der Waals surface area contributed by atoms with Gasteiger partial charge in [-0.25, -0.2) is 5.32 Å². The van der Waals surface area contributed by atoms with Gasteiger partial charge in [0.2, 0.25) is 5.69 Å². The molecule has 3 rings (SSSR count). The van der Waals surface area contributed by atoms with Crippen molar-refractivity contribution in [3.05, 3.63) is 54.6 Å². The second kappa shape index (κ2) is 4.44. The highest BCUT2D eigenvalue weighted by atomic mass is 16.6. The molecule has 1 aliphatic rings. The van der Waals surface area contributed by atoms with E-state index < -0.39 is 37.8 Å². The van der Waals surface area contributed by atoms with Crippen LogP contribution in [0.15, 0.2) is 29.3 Å². The van der Waals surface area contributed by atoms with Crippen molar-refractivity contribution in [2.45, 2.75) is 0 Å². The highest BCUT2D eigenvalue weighted by molar-refractivity contribution is 6.14. The number of anilines is 1. The summed E-state index contributed by atoms with van der Waals surface area (Å²) in [6, 6.07) is 5.55. The molecule has 0 aliphatic carbocycles. The van der Waals surface area contributed by atoms with Gasteiger partial charge < -0.3 is 10.1 Å². The summed E-state index contributed by atoms with van der Waals surface area (Å²) in [6.07, 6.45) is 0. The number of hydrogen-bond acceptors (Lipinski definition) is 8. The Kier molecular flexibility index (Phi) is 2.70. The third kappa shape index (κ3) is 1.80. The third-order valence-corrected chi connectivity index (χ3v) is 3.11. The maximum absolute atomic E-state index is 11.2. The molecule has 1 N–H and O–H groups in total. The van der Waals surface area contributed by atoms with Gasteiger partial charge in [0.05, 0.1) is 15.2 Å². The van der Waals surface area contributed by atoms with Crippen LogP contribution in [0.1, 0.15) is 0 Å². The number of nitrogens with one attached hydrogen (secondary N) is 1. The standard InChI is InChI=1S/C11H5N5O6/c17-14(18)7-4-5-2-1-3-6-8(5)9(10(7)15(19)20)13-11(12-6)16(21)22/h1-4H,(H,12,13). The van der Waals surface area contributed by atoms with E-state index in [0.29, 0.717) is 5.39 Å². The third-order valence-electron chi connectivity index (χ3n) is 3.11. The van der Waals surface area contributed by atoms with Crippen molar-refractivity contribution >= 4 is 39.5 Å². The van der Waals surface area contributed by atoms with Crippen molar-refractivity contribution in [2.75, 3.05) is 5.32 Å². The van der Waals surface area contributed by atoms with E-state index in [1.165, 1.54) is 18.2 Å². The SMILES string of the molecule is O=[N+]([O-])C1=Nc2c([N+](=O)[O-])c([N+](=O)[O-])cc3cccc(c23)N1. The predicted octanol–water partition coefficient (Wildman–Crippen LogP) is 2.35. The van der Waals surface area contributed by atoms with E-state index in [-0.39, 0.29) is 11.1 Å². The number of nitro benzene ring substituents is 2. The van der Waals surface area contributed by atoms with Gasteiger partial charge in [0.15, 0.2) is 0 Å². The minimum atomic E-state index is -0.962. The number of nitrogens with zero attached hydrogens (tertiary/aromatic N) is 4. The van der Waals surface area contributed by atoms with Gasteiger partial charge in [-0.05, 0) is 16.4 Å². The lowest BCUT2D eigenvalue weighted by Crippen LogP contribution is -2.23. The molecule has 22 heavy (non-hydrogen) atoms. The van der Waals surface area contributed by atoms with Crippen molar-refractivity contribution in [1.82, 2.24) is 0 Å². The molecule has 0 radical (unpaired) electrons. The topological polar surface area (TPSA) is 154 Å². The fraction of sp³-hybridized carbons (Fsp3) is 0. The van der Waals surface area contributed by atoms with E-state index in [1.807, 2.05) is 0 Å². The minimum absolute atomic E-state index is 0.227. The summed E-state index contributed by atoms with van der Waals surface area (Å²) < 4.78 is 0. The summed E-state index contributed by atoms with van der Waals surface area (Å²) in [5, 5.41) is 36.1. The van der Waals surface area contributed by atoms with Crippen LogP contribution in [0.3, 0.4) is 0 Å². The van der Waals surface area contributed by atoms with Crippen LogP contribution in [-0.4, -0.2) is 20.7 Å². The normalized spacial score (nSPS) is 12.5. The number of rotatable bonds is 2. The molecule has 0 amide bonds. The number of benzene rings is 2. The monoisotopic (exact) mass is 303 g/mol. The van der Waals surface area contributed by atoms with E-state index in [0.717, 1.165) is 6.07 Å².